The van der Waals surface area contributed by atoms with Crippen molar-refractivity contribution < 1.29 is 13.9 Å². The maximum Gasteiger partial charge on any atom is 0.137 e. The molecule has 0 fully saturated rings. The second-order valence-corrected chi connectivity index (χ2v) is 4.93. The Bertz CT molecular complexity index is 577. The first-order chi connectivity index (χ1) is 9.06. The van der Waals surface area contributed by atoms with Crippen LogP contribution in [0.4, 0.5) is 14.5 Å². The highest BCUT2D eigenvalue weighted by Crippen LogP contribution is 2.21. The predicted molar refractivity (Wildman–Crippen MR) is 73.9 cm³/mol. The molecule has 0 bridgehead atoms. The van der Waals surface area contributed by atoms with Crippen LogP contribution < -0.4 is 5.32 Å². The van der Waals surface area contributed by atoms with Crippen LogP contribution in [0.5, 0.6) is 0 Å². The Labute approximate surface area is 118 Å². The fraction of sp³-hybridized carbons (Fsp3) is 0.143. The summed E-state index contributed by atoms with van der Waals surface area (Å²) in [7, 11) is 0. The Hall–Kier alpha value is -1.46. The zero-order valence-corrected chi connectivity index (χ0v) is 11.5. The van der Waals surface area contributed by atoms with Crippen LogP contribution in [0.3, 0.4) is 0 Å². The molecule has 2 N–H and O–H groups in total. The first-order valence-corrected chi connectivity index (χ1v) is 6.48. The molecule has 0 saturated heterocycles. The molecule has 2 nitrogen and oxygen atoms in total. The molecule has 0 amide bonds. The number of anilines is 1. The molecule has 0 spiro atoms. The van der Waals surface area contributed by atoms with E-state index >= 15 is 0 Å². The summed E-state index contributed by atoms with van der Waals surface area (Å²) in [4.78, 5) is 0. The second kappa shape index (κ2) is 6.12. The number of hydrogen-bond donors (Lipinski definition) is 2. The zero-order valence-electron chi connectivity index (χ0n) is 9.91. The lowest BCUT2D eigenvalue weighted by Crippen LogP contribution is -2.12. The number of aliphatic hydroxyl groups excluding tert-OH is 1. The molecule has 0 aliphatic heterocycles. The van der Waals surface area contributed by atoms with Gasteiger partial charge >= 0.3 is 0 Å². The SMILES string of the molecule is OC(CNc1ccc(F)c(Br)c1)c1cccc(F)c1. The monoisotopic (exact) mass is 327 g/mol. The van der Waals surface area contributed by atoms with E-state index in [9.17, 15) is 13.9 Å². The predicted octanol–water partition coefficient (Wildman–Crippen LogP) is 3.87. The smallest absolute Gasteiger partial charge is 0.137 e. The molecule has 1 unspecified atom stereocenters. The lowest BCUT2D eigenvalue weighted by molar-refractivity contribution is 0.191. The average molecular weight is 328 g/mol. The van der Waals surface area contributed by atoms with Crippen LogP contribution in [0.25, 0.3) is 0 Å². The van der Waals surface area contributed by atoms with Gasteiger partial charge in [-0.25, -0.2) is 8.78 Å². The molecular weight excluding hydrogens is 316 g/mol. The standard InChI is InChI=1S/C14H12BrF2NO/c15-12-7-11(4-5-13(12)17)18-8-14(19)9-2-1-3-10(16)6-9/h1-7,14,18-19H,8H2. The van der Waals surface area contributed by atoms with E-state index in [-0.39, 0.29) is 18.2 Å². The van der Waals surface area contributed by atoms with Gasteiger partial charge in [0, 0.05) is 12.2 Å². The number of nitrogens with one attached hydrogen (secondary N) is 1. The lowest BCUT2D eigenvalue weighted by Gasteiger charge is -2.13. The van der Waals surface area contributed by atoms with Crippen LogP contribution in [-0.4, -0.2) is 11.7 Å². The van der Waals surface area contributed by atoms with Crippen molar-refractivity contribution >= 4 is 21.6 Å². The third-order valence-electron chi connectivity index (χ3n) is 2.65. The van der Waals surface area contributed by atoms with Crippen molar-refractivity contribution in [1.82, 2.24) is 0 Å². The van der Waals surface area contributed by atoms with Crippen LogP contribution in [0.2, 0.25) is 0 Å². The van der Waals surface area contributed by atoms with E-state index in [0.717, 1.165) is 0 Å². The number of hydrogen-bond acceptors (Lipinski definition) is 2. The summed E-state index contributed by atoms with van der Waals surface area (Å²) < 4.78 is 26.4. The van der Waals surface area contributed by atoms with Gasteiger partial charge in [0.05, 0.1) is 10.6 Å². The Kier molecular flexibility index (Phi) is 4.50. The van der Waals surface area contributed by atoms with Crippen LogP contribution in [0.15, 0.2) is 46.9 Å². The van der Waals surface area contributed by atoms with E-state index in [1.807, 2.05) is 0 Å². The quantitative estimate of drug-likeness (QED) is 0.893. The van der Waals surface area contributed by atoms with Gasteiger partial charge in [0.1, 0.15) is 11.6 Å². The highest BCUT2D eigenvalue weighted by molar-refractivity contribution is 9.10. The summed E-state index contributed by atoms with van der Waals surface area (Å²) in [5.41, 5.74) is 1.16. The maximum atomic E-state index is 13.0. The number of aliphatic hydroxyl groups is 1. The van der Waals surface area contributed by atoms with E-state index in [1.54, 1.807) is 24.3 Å². The summed E-state index contributed by atoms with van der Waals surface area (Å²) in [5.74, 6) is -0.739. The topological polar surface area (TPSA) is 32.3 Å². The van der Waals surface area contributed by atoms with Crippen LogP contribution in [0, 0.1) is 11.6 Å². The Morgan fingerprint density at radius 3 is 2.63 bits per heavy atom. The van der Waals surface area contributed by atoms with Gasteiger partial charge in [-0.1, -0.05) is 12.1 Å². The van der Waals surface area contributed by atoms with Crippen molar-refractivity contribution in [3.63, 3.8) is 0 Å². The van der Waals surface area contributed by atoms with Gasteiger partial charge in [0.2, 0.25) is 0 Å². The molecular formula is C14H12BrF2NO. The number of halogens is 3. The largest absolute Gasteiger partial charge is 0.387 e. The molecule has 0 aromatic heterocycles. The van der Waals surface area contributed by atoms with Crippen molar-refractivity contribution in [2.24, 2.45) is 0 Å². The Balaban J connectivity index is 2.00. The minimum Gasteiger partial charge on any atom is -0.387 e. The summed E-state index contributed by atoms with van der Waals surface area (Å²) in [5, 5.41) is 12.9. The molecule has 0 aliphatic carbocycles. The van der Waals surface area contributed by atoms with Gasteiger partial charge in [0.15, 0.2) is 0 Å². The molecule has 19 heavy (non-hydrogen) atoms. The lowest BCUT2D eigenvalue weighted by atomic mass is 10.1. The van der Waals surface area contributed by atoms with Gasteiger partial charge in [0.25, 0.3) is 0 Å². The first kappa shape index (κ1) is 14.0. The zero-order chi connectivity index (χ0) is 13.8. The van der Waals surface area contributed by atoms with Gasteiger partial charge in [-0.15, -0.1) is 0 Å². The average Bonchev–Trinajstić information content (AvgIpc) is 2.40. The molecule has 0 saturated carbocycles. The minimum atomic E-state index is -0.834. The van der Waals surface area contributed by atoms with Crippen molar-refractivity contribution in [2.75, 3.05) is 11.9 Å². The molecule has 0 radical (unpaired) electrons. The van der Waals surface area contributed by atoms with Gasteiger partial charge in [-0.2, -0.15) is 0 Å². The normalized spacial score (nSPS) is 12.2. The highest BCUT2D eigenvalue weighted by Gasteiger charge is 2.08. The molecule has 1 atom stereocenters. The van der Waals surface area contributed by atoms with Gasteiger partial charge in [-0.3, -0.25) is 0 Å². The van der Waals surface area contributed by atoms with Crippen LogP contribution in [-0.2, 0) is 0 Å². The van der Waals surface area contributed by atoms with Crippen molar-refractivity contribution in [3.8, 4) is 0 Å². The Morgan fingerprint density at radius 1 is 1.16 bits per heavy atom. The van der Waals surface area contributed by atoms with E-state index in [1.165, 1.54) is 18.2 Å². The first-order valence-electron chi connectivity index (χ1n) is 5.69. The summed E-state index contributed by atoms with van der Waals surface area (Å²) in [6.45, 7) is 0.210. The molecule has 100 valence electrons. The summed E-state index contributed by atoms with van der Waals surface area (Å²) in [6.07, 6.45) is -0.834. The molecule has 0 heterocycles. The molecule has 0 aliphatic rings. The molecule has 5 heteroatoms. The maximum absolute atomic E-state index is 13.0. The molecule has 2 aromatic carbocycles. The van der Waals surface area contributed by atoms with E-state index in [4.69, 9.17) is 0 Å². The van der Waals surface area contributed by atoms with Crippen molar-refractivity contribution in [1.29, 1.82) is 0 Å². The van der Waals surface area contributed by atoms with Crippen molar-refractivity contribution in [2.45, 2.75) is 6.10 Å². The third kappa shape index (κ3) is 3.75. The minimum absolute atomic E-state index is 0.210. The fourth-order valence-electron chi connectivity index (χ4n) is 1.65. The molecule has 2 rings (SSSR count). The fourth-order valence-corrected chi connectivity index (χ4v) is 2.03. The summed E-state index contributed by atoms with van der Waals surface area (Å²) >= 11 is 3.08. The van der Waals surface area contributed by atoms with E-state index < -0.39 is 6.10 Å². The third-order valence-corrected chi connectivity index (χ3v) is 3.26. The summed E-state index contributed by atoms with van der Waals surface area (Å²) in [6, 6.07) is 10.3. The highest BCUT2D eigenvalue weighted by atomic mass is 79.9. The van der Waals surface area contributed by atoms with E-state index in [2.05, 4.69) is 21.2 Å². The number of benzene rings is 2. The van der Waals surface area contributed by atoms with Gasteiger partial charge < -0.3 is 10.4 Å². The van der Waals surface area contributed by atoms with Crippen LogP contribution >= 0.6 is 15.9 Å². The van der Waals surface area contributed by atoms with Crippen molar-refractivity contribution in [3.05, 3.63) is 64.1 Å². The molecule has 2 aromatic rings. The number of rotatable bonds is 4. The Morgan fingerprint density at radius 2 is 1.95 bits per heavy atom. The second-order valence-electron chi connectivity index (χ2n) is 4.08. The van der Waals surface area contributed by atoms with Crippen LogP contribution in [0.1, 0.15) is 11.7 Å². The van der Waals surface area contributed by atoms with E-state index in [0.29, 0.717) is 15.7 Å². The van der Waals surface area contributed by atoms with Gasteiger partial charge in [-0.05, 0) is 51.8 Å².